The number of benzene rings is 1. The molecule has 1 amide bonds. The first-order valence-electron chi connectivity index (χ1n) is 6.52. The Morgan fingerprint density at radius 1 is 1.50 bits per heavy atom. The van der Waals surface area contributed by atoms with Crippen molar-refractivity contribution in [1.29, 1.82) is 0 Å². The Morgan fingerprint density at radius 2 is 2.30 bits per heavy atom. The summed E-state index contributed by atoms with van der Waals surface area (Å²) in [6.45, 7) is 0.896. The lowest BCUT2D eigenvalue weighted by Gasteiger charge is -2.18. The van der Waals surface area contributed by atoms with Crippen LogP contribution in [0, 0.1) is 0 Å². The molecule has 0 aliphatic carbocycles. The predicted molar refractivity (Wildman–Crippen MR) is 74.0 cm³/mol. The number of carbonyl (C=O) groups is 2. The third kappa shape index (κ3) is 3.27. The summed E-state index contributed by atoms with van der Waals surface area (Å²) in [6.07, 6.45) is 0.959. The number of fused-ring (bicyclic) bond motifs is 1. The van der Waals surface area contributed by atoms with Gasteiger partial charge in [-0.1, -0.05) is 0 Å². The summed E-state index contributed by atoms with van der Waals surface area (Å²) in [6, 6.07) is 5.46. The molecule has 0 fully saturated rings. The SMILES string of the molecule is COC(CNC(=O)c1ccc2c(c1)CCCN2)C(=O)O. The molecule has 20 heavy (non-hydrogen) atoms. The fraction of sp³-hybridized carbons (Fsp3) is 0.429. The molecule has 0 bridgehead atoms. The molecule has 0 saturated heterocycles. The molecule has 1 aromatic carbocycles. The molecule has 0 spiro atoms. The van der Waals surface area contributed by atoms with Gasteiger partial charge in [-0.05, 0) is 36.6 Å². The number of carbonyl (C=O) groups excluding carboxylic acids is 1. The van der Waals surface area contributed by atoms with Crippen molar-refractivity contribution in [3.05, 3.63) is 29.3 Å². The maximum absolute atomic E-state index is 12.0. The molecule has 6 nitrogen and oxygen atoms in total. The zero-order valence-corrected chi connectivity index (χ0v) is 11.3. The molecule has 0 aromatic heterocycles. The largest absolute Gasteiger partial charge is 0.479 e. The van der Waals surface area contributed by atoms with E-state index in [4.69, 9.17) is 9.84 Å². The highest BCUT2D eigenvalue weighted by Gasteiger charge is 2.18. The number of ether oxygens (including phenoxy) is 1. The third-order valence-electron chi connectivity index (χ3n) is 3.31. The molecule has 108 valence electrons. The van der Waals surface area contributed by atoms with E-state index < -0.39 is 12.1 Å². The monoisotopic (exact) mass is 278 g/mol. The lowest BCUT2D eigenvalue weighted by Crippen LogP contribution is -2.37. The lowest BCUT2D eigenvalue weighted by atomic mass is 10.0. The van der Waals surface area contributed by atoms with Crippen LogP contribution in [-0.4, -0.2) is 43.3 Å². The van der Waals surface area contributed by atoms with Gasteiger partial charge in [-0.25, -0.2) is 4.79 Å². The number of anilines is 1. The van der Waals surface area contributed by atoms with E-state index in [0.29, 0.717) is 5.56 Å². The zero-order valence-electron chi connectivity index (χ0n) is 11.3. The molecule has 1 aliphatic heterocycles. The fourth-order valence-electron chi connectivity index (χ4n) is 2.18. The van der Waals surface area contributed by atoms with Gasteiger partial charge in [0.25, 0.3) is 5.91 Å². The van der Waals surface area contributed by atoms with E-state index in [1.807, 2.05) is 12.1 Å². The lowest BCUT2D eigenvalue weighted by molar-refractivity contribution is -0.148. The van der Waals surface area contributed by atoms with Crippen LogP contribution in [0.5, 0.6) is 0 Å². The second-order valence-electron chi connectivity index (χ2n) is 4.67. The highest BCUT2D eigenvalue weighted by Crippen LogP contribution is 2.22. The van der Waals surface area contributed by atoms with Crippen molar-refractivity contribution in [1.82, 2.24) is 5.32 Å². The standard InChI is InChI=1S/C14H18N2O4/c1-20-12(14(18)19)8-16-13(17)10-4-5-11-9(7-10)3-2-6-15-11/h4-5,7,12,15H,2-3,6,8H2,1H3,(H,16,17)(H,18,19). The van der Waals surface area contributed by atoms with Crippen molar-refractivity contribution < 1.29 is 19.4 Å². The Hall–Kier alpha value is -2.08. The maximum atomic E-state index is 12.0. The molecule has 0 radical (unpaired) electrons. The van der Waals surface area contributed by atoms with Crippen LogP contribution in [0.25, 0.3) is 0 Å². The first kappa shape index (κ1) is 14.3. The predicted octanol–water partition coefficient (Wildman–Crippen LogP) is 0.874. The minimum absolute atomic E-state index is 0.0556. The molecule has 1 unspecified atom stereocenters. The highest BCUT2D eigenvalue weighted by molar-refractivity contribution is 5.95. The van der Waals surface area contributed by atoms with Crippen LogP contribution in [0.4, 0.5) is 5.69 Å². The van der Waals surface area contributed by atoms with Gasteiger partial charge in [0.15, 0.2) is 6.10 Å². The molecule has 1 atom stereocenters. The van der Waals surface area contributed by atoms with Crippen molar-refractivity contribution in [2.24, 2.45) is 0 Å². The summed E-state index contributed by atoms with van der Waals surface area (Å²) < 4.78 is 4.76. The van der Waals surface area contributed by atoms with Crippen LogP contribution < -0.4 is 10.6 Å². The Morgan fingerprint density at radius 3 is 3.00 bits per heavy atom. The number of hydrogen-bond donors (Lipinski definition) is 3. The molecule has 3 N–H and O–H groups in total. The van der Waals surface area contributed by atoms with Crippen molar-refractivity contribution >= 4 is 17.6 Å². The Kier molecular flexibility index (Phi) is 4.57. The number of rotatable bonds is 5. The number of aryl methyl sites for hydroxylation is 1. The molecular formula is C14H18N2O4. The van der Waals surface area contributed by atoms with E-state index in [1.165, 1.54) is 7.11 Å². The number of nitrogens with one attached hydrogen (secondary N) is 2. The topological polar surface area (TPSA) is 87.7 Å². The molecule has 1 aromatic rings. The van der Waals surface area contributed by atoms with Gasteiger partial charge in [-0.15, -0.1) is 0 Å². The third-order valence-corrected chi connectivity index (χ3v) is 3.31. The second-order valence-corrected chi connectivity index (χ2v) is 4.67. The van der Waals surface area contributed by atoms with Crippen molar-refractivity contribution in [2.75, 3.05) is 25.5 Å². The van der Waals surface area contributed by atoms with Crippen LogP contribution in [0.3, 0.4) is 0 Å². The number of carboxylic acids is 1. The molecule has 1 heterocycles. The number of amides is 1. The summed E-state index contributed by atoms with van der Waals surface area (Å²) in [4.78, 5) is 22.8. The minimum Gasteiger partial charge on any atom is -0.479 e. The number of carboxylic acid groups (broad SMARTS) is 1. The Bertz CT molecular complexity index is 516. The summed E-state index contributed by atoms with van der Waals surface area (Å²) in [5.74, 6) is -1.39. The van der Waals surface area contributed by atoms with Gasteiger partial charge in [0.1, 0.15) is 0 Å². The van der Waals surface area contributed by atoms with E-state index >= 15 is 0 Å². The van der Waals surface area contributed by atoms with E-state index in [-0.39, 0.29) is 12.5 Å². The molecule has 6 heteroatoms. The summed E-state index contributed by atoms with van der Waals surface area (Å²) in [5.41, 5.74) is 2.71. The van der Waals surface area contributed by atoms with Crippen LogP contribution in [-0.2, 0) is 16.0 Å². The first-order chi connectivity index (χ1) is 9.61. The number of hydrogen-bond acceptors (Lipinski definition) is 4. The summed E-state index contributed by atoms with van der Waals surface area (Å²) in [7, 11) is 1.30. The van der Waals surface area contributed by atoms with Gasteiger partial charge in [0.2, 0.25) is 0 Å². The maximum Gasteiger partial charge on any atom is 0.334 e. The van der Waals surface area contributed by atoms with Crippen LogP contribution in [0.15, 0.2) is 18.2 Å². The van der Waals surface area contributed by atoms with E-state index in [1.54, 1.807) is 6.07 Å². The first-order valence-corrected chi connectivity index (χ1v) is 6.52. The normalized spacial score (nSPS) is 14.8. The number of aliphatic carboxylic acids is 1. The van der Waals surface area contributed by atoms with Crippen molar-refractivity contribution in [3.63, 3.8) is 0 Å². The zero-order chi connectivity index (χ0) is 14.5. The van der Waals surface area contributed by atoms with E-state index in [2.05, 4.69) is 10.6 Å². The molecule has 2 rings (SSSR count). The van der Waals surface area contributed by atoms with Crippen molar-refractivity contribution in [3.8, 4) is 0 Å². The van der Waals surface area contributed by atoms with Crippen LogP contribution >= 0.6 is 0 Å². The highest BCUT2D eigenvalue weighted by atomic mass is 16.5. The van der Waals surface area contributed by atoms with Crippen LogP contribution in [0.1, 0.15) is 22.3 Å². The fourth-order valence-corrected chi connectivity index (χ4v) is 2.18. The van der Waals surface area contributed by atoms with Gasteiger partial charge in [-0.3, -0.25) is 4.79 Å². The smallest absolute Gasteiger partial charge is 0.334 e. The van der Waals surface area contributed by atoms with Gasteiger partial charge >= 0.3 is 5.97 Å². The molecule has 0 saturated carbocycles. The van der Waals surface area contributed by atoms with Gasteiger partial charge in [0, 0.05) is 24.9 Å². The van der Waals surface area contributed by atoms with Crippen LogP contribution in [0.2, 0.25) is 0 Å². The van der Waals surface area contributed by atoms with Gasteiger partial charge < -0.3 is 20.5 Å². The Balaban J connectivity index is 2.00. The summed E-state index contributed by atoms with van der Waals surface area (Å²) in [5, 5.41) is 14.7. The van der Waals surface area contributed by atoms with E-state index in [0.717, 1.165) is 30.6 Å². The second kappa shape index (κ2) is 6.38. The number of methoxy groups -OCH3 is 1. The average molecular weight is 278 g/mol. The average Bonchev–Trinajstić information content (AvgIpc) is 2.46. The quantitative estimate of drug-likeness (QED) is 0.744. The summed E-state index contributed by atoms with van der Waals surface area (Å²) >= 11 is 0. The molecule has 1 aliphatic rings. The van der Waals surface area contributed by atoms with Gasteiger partial charge in [0.05, 0.1) is 6.54 Å². The van der Waals surface area contributed by atoms with E-state index in [9.17, 15) is 9.59 Å². The molecular weight excluding hydrogens is 260 g/mol. The van der Waals surface area contributed by atoms with Crippen molar-refractivity contribution in [2.45, 2.75) is 18.9 Å². The Labute approximate surface area is 117 Å². The minimum atomic E-state index is -1.09. The van der Waals surface area contributed by atoms with Gasteiger partial charge in [-0.2, -0.15) is 0 Å².